The van der Waals surface area contributed by atoms with Gasteiger partial charge in [-0.3, -0.25) is 4.68 Å². The van der Waals surface area contributed by atoms with Gasteiger partial charge in [-0.15, -0.1) is 0 Å². The zero-order valence-electron chi connectivity index (χ0n) is 11.5. The van der Waals surface area contributed by atoms with Gasteiger partial charge in [0, 0.05) is 29.8 Å². The van der Waals surface area contributed by atoms with E-state index in [9.17, 15) is 0 Å². The van der Waals surface area contributed by atoms with E-state index in [1.165, 1.54) is 24.1 Å². The number of aromatic nitrogens is 2. The van der Waals surface area contributed by atoms with Crippen molar-refractivity contribution in [2.45, 2.75) is 59.0 Å². The smallest absolute Gasteiger partial charge is 0.0537 e. The first kappa shape index (κ1) is 12.6. The highest BCUT2D eigenvalue weighted by Crippen LogP contribution is 2.42. The Balaban J connectivity index is 2.05. The van der Waals surface area contributed by atoms with Crippen LogP contribution in [0, 0.1) is 5.92 Å². The maximum absolute atomic E-state index is 4.55. The monoisotopic (exact) mass is 235 g/mol. The standard InChI is InChI=1S/C14H25N3/c1-10(2)7-15-8-13-9-16-17(11(3)4)14(13)12-5-6-12/h9-12,15H,5-8H2,1-4H3. The summed E-state index contributed by atoms with van der Waals surface area (Å²) >= 11 is 0. The van der Waals surface area contributed by atoms with Crippen LogP contribution in [0.3, 0.4) is 0 Å². The topological polar surface area (TPSA) is 29.9 Å². The van der Waals surface area contributed by atoms with Crippen LogP contribution in [0.2, 0.25) is 0 Å². The summed E-state index contributed by atoms with van der Waals surface area (Å²) in [6.45, 7) is 11.0. The van der Waals surface area contributed by atoms with Gasteiger partial charge in [0.1, 0.15) is 0 Å². The van der Waals surface area contributed by atoms with E-state index in [1.807, 2.05) is 0 Å². The van der Waals surface area contributed by atoms with Crippen LogP contribution >= 0.6 is 0 Å². The van der Waals surface area contributed by atoms with Crippen LogP contribution in [-0.2, 0) is 6.54 Å². The van der Waals surface area contributed by atoms with Crippen molar-refractivity contribution in [2.24, 2.45) is 5.92 Å². The Morgan fingerprint density at radius 2 is 2.06 bits per heavy atom. The normalized spacial score (nSPS) is 16.1. The van der Waals surface area contributed by atoms with Gasteiger partial charge >= 0.3 is 0 Å². The summed E-state index contributed by atoms with van der Waals surface area (Å²) in [5.74, 6) is 1.48. The van der Waals surface area contributed by atoms with Crippen LogP contribution in [0.25, 0.3) is 0 Å². The lowest BCUT2D eigenvalue weighted by molar-refractivity contribution is 0.506. The van der Waals surface area contributed by atoms with Crippen LogP contribution in [-0.4, -0.2) is 16.3 Å². The quantitative estimate of drug-likeness (QED) is 0.821. The molecule has 1 aliphatic rings. The number of hydrogen-bond donors (Lipinski definition) is 1. The van der Waals surface area contributed by atoms with Crippen LogP contribution in [0.15, 0.2) is 6.20 Å². The van der Waals surface area contributed by atoms with Crippen LogP contribution in [0.4, 0.5) is 0 Å². The first-order valence-electron chi connectivity index (χ1n) is 6.86. The van der Waals surface area contributed by atoms with Crippen molar-refractivity contribution in [1.82, 2.24) is 15.1 Å². The molecule has 1 fully saturated rings. The third-order valence-corrected chi connectivity index (χ3v) is 3.24. The van der Waals surface area contributed by atoms with Gasteiger partial charge in [-0.2, -0.15) is 5.10 Å². The molecule has 1 heterocycles. The number of rotatable bonds is 6. The third-order valence-electron chi connectivity index (χ3n) is 3.24. The number of nitrogens with zero attached hydrogens (tertiary/aromatic N) is 2. The second kappa shape index (κ2) is 5.21. The number of hydrogen-bond acceptors (Lipinski definition) is 2. The molecule has 0 bridgehead atoms. The summed E-state index contributed by atoms with van der Waals surface area (Å²) < 4.78 is 2.21. The summed E-state index contributed by atoms with van der Waals surface area (Å²) in [7, 11) is 0. The van der Waals surface area contributed by atoms with E-state index in [2.05, 4.69) is 49.0 Å². The molecule has 3 heteroatoms. The Kier molecular flexibility index (Phi) is 3.87. The van der Waals surface area contributed by atoms with Crippen LogP contribution in [0.5, 0.6) is 0 Å². The Bertz CT molecular complexity index is 362. The molecule has 0 aromatic carbocycles. The Hall–Kier alpha value is -0.830. The predicted molar refractivity (Wildman–Crippen MR) is 71.1 cm³/mol. The zero-order valence-corrected chi connectivity index (χ0v) is 11.5. The fourth-order valence-corrected chi connectivity index (χ4v) is 2.26. The average molecular weight is 235 g/mol. The van der Waals surface area contributed by atoms with E-state index in [1.54, 1.807) is 0 Å². The minimum absolute atomic E-state index is 0.476. The predicted octanol–water partition coefficient (Wildman–Crippen LogP) is 3.09. The highest BCUT2D eigenvalue weighted by atomic mass is 15.3. The summed E-state index contributed by atoms with van der Waals surface area (Å²) in [4.78, 5) is 0. The number of nitrogens with one attached hydrogen (secondary N) is 1. The summed E-state index contributed by atoms with van der Waals surface area (Å²) in [6.07, 6.45) is 4.74. The highest BCUT2D eigenvalue weighted by Gasteiger charge is 2.30. The molecule has 0 aliphatic heterocycles. The SMILES string of the molecule is CC(C)CNCc1cnn(C(C)C)c1C1CC1. The molecular weight excluding hydrogens is 210 g/mol. The van der Waals surface area contributed by atoms with Crippen molar-refractivity contribution in [1.29, 1.82) is 0 Å². The van der Waals surface area contributed by atoms with E-state index >= 15 is 0 Å². The molecule has 2 rings (SSSR count). The van der Waals surface area contributed by atoms with Crippen molar-refractivity contribution >= 4 is 0 Å². The lowest BCUT2D eigenvalue weighted by Gasteiger charge is -2.13. The van der Waals surface area contributed by atoms with Gasteiger partial charge in [-0.1, -0.05) is 13.8 Å². The fourth-order valence-electron chi connectivity index (χ4n) is 2.26. The third kappa shape index (κ3) is 3.09. The maximum Gasteiger partial charge on any atom is 0.0537 e. The summed E-state index contributed by atoms with van der Waals surface area (Å²) in [5, 5.41) is 8.07. The maximum atomic E-state index is 4.55. The molecule has 1 aromatic heterocycles. The van der Waals surface area contributed by atoms with E-state index in [0.717, 1.165) is 19.0 Å². The minimum atomic E-state index is 0.476. The molecule has 96 valence electrons. The molecular formula is C14H25N3. The average Bonchev–Trinajstić information content (AvgIpc) is 2.99. The van der Waals surface area contributed by atoms with E-state index < -0.39 is 0 Å². The van der Waals surface area contributed by atoms with Gasteiger partial charge < -0.3 is 5.32 Å². The van der Waals surface area contributed by atoms with Crippen molar-refractivity contribution in [3.8, 4) is 0 Å². The fraction of sp³-hybridized carbons (Fsp3) is 0.786. The van der Waals surface area contributed by atoms with Gasteiger partial charge in [0.05, 0.1) is 6.20 Å². The molecule has 3 nitrogen and oxygen atoms in total. The van der Waals surface area contributed by atoms with Crippen LogP contribution in [0.1, 0.15) is 63.8 Å². The largest absolute Gasteiger partial charge is 0.312 e. The summed E-state index contributed by atoms with van der Waals surface area (Å²) in [5.41, 5.74) is 2.89. The molecule has 1 aliphatic carbocycles. The van der Waals surface area contributed by atoms with Crippen molar-refractivity contribution in [2.75, 3.05) is 6.54 Å². The molecule has 0 atom stereocenters. The van der Waals surface area contributed by atoms with Gasteiger partial charge in [-0.05, 0) is 39.2 Å². The first-order chi connectivity index (χ1) is 8.09. The van der Waals surface area contributed by atoms with Crippen molar-refractivity contribution in [3.05, 3.63) is 17.5 Å². The lowest BCUT2D eigenvalue weighted by Crippen LogP contribution is -2.19. The second-order valence-corrected chi connectivity index (χ2v) is 5.89. The molecule has 1 saturated carbocycles. The van der Waals surface area contributed by atoms with Gasteiger partial charge in [0.2, 0.25) is 0 Å². The molecule has 17 heavy (non-hydrogen) atoms. The Labute approximate surface area is 105 Å². The minimum Gasteiger partial charge on any atom is -0.312 e. The molecule has 0 unspecified atom stereocenters. The van der Waals surface area contributed by atoms with Gasteiger partial charge in [0.15, 0.2) is 0 Å². The molecule has 0 amide bonds. The van der Waals surface area contributed by atoms with Crippen molar-refractivity contribution in [3.63, 3.8) is 0 Å². The molecule has 1 N–H and O–H groups in total. The van der Waals surface area contributed by atoms with E-state index in [-0.39, 0.29) is 0 Å². The lowest BCUT2D eigenvalue weighted by atomic mass is 10.1. The second-order valence-electron chi connectivity index (χ2n) is 5.89. The highest BCUT2D eigenvalue weighted by molar-refractivity contribution is 5.26. The van der Waals surface area contributed by atoms with Gasteiger partial charge in [-0.25, -0.2) is 0 Å². The summed E-state index contributed by atoms with van der Waals surface area (Å²) in [6, 6.07) is 0.476. The zero-order chi connectivity index (χ0) is 12.4. The molecule has 0 radical (unpaired) electrons. The van der Waals surface area contributed by atoms with E-state index in [0.29, 0.717) is 12.0 Å². The van der Waals surface area contributed by atoms with Crippen LogP contribution < -0.4 is 5.32 Å². The Morgan fingerprint density at radius 3 is 2.59 bits per heavy atom. The van der Waals surface area contributed by atoms with E-state index in [4.69, 9.17) is 0 Å². The molecule has 0 saturated heterocycles. The molecule has 1 aromatic rings. The first-order valence-corrected chi connectivity index (χ1v) is 6.86. The van der Waals surface area contributed by atoms with Crippen molar-refractivity contribution < 1.29 is 0 Å². The van der Waals surface area contributed by atoms with Gasteiger partial charge in [0.25, 0.3) is 0 Å². The Morgan fingerprint density at radius 1 is 1.35 bits per heavy atom. The molecule has 0 spiro atoms.